The van der Waals surface area contributed by atoms with Crippen molar-refractivity contribution in [3.8, 4) is 5.75 Å². The number of anilines is 1. The second-order valence-electron chi connectivity index (χ2n) is 4.65. The van der Waals surface area contributed by atoms with E-state index in [1.54, 1.807) is 7.11 Å². The van der Waals surface area contributed by atoms with Crippen LogP contribution in [0, 0.1) is 5.92 Å². The number of nitrogens with two attached hydrogens (primary N) is 1. The zero-order valence-corrected chi connectivity index (χ0v) is 10.1. The fraction of sp³-hybridized carbons (Fsp3) is 0.538. The molecule has 2 N–H and O–H groups in total. The highest BCUT2D eigenvalue weighted by atomic mass is 16.5. The van der Waals surface area contributed by atoms with E-state index in [9.17, 15) is 0 Å². The minimum absolute atomic E-state index is 0.736. The molecule has 1 aromatic rings. The van der Waals surface area contributed by atoms with Crippen LogP contribution in [-0.2, 0) is 6.42 Å². The summed E-state index contributed by atoms with van der Waals surface area (Å²) in [6.07, 6.45) is 2.33. The van der Waals surface area contributed by atoms with Gasteiger partial charge in [-0.2, -0.15) is 0 Å². The molecule has 3 heteroatoms. The second kappa shape index (κ2) is 4.74. The third-order valence-electron chi connectivity index (χ3n) is 3.37. The normalized spacial score (nSPS) is 21.2. The molecule has 0 radical (unpaired) electrons. The Morgan fingerprint density at radius 3 is 2.94 bits per heavy atom. The smallest absolute Gasteiger partial charge is 0.142 e. The number of nitrogens with zero attached hydrogens (tertiary/aromatic N) is 1. The van der Waals surface area contributed by atoms with Crippen LogP contribution in [0.5, 0.6) is 5.75 Å². The quantitative estimate of drug-likeness (QED) is 0.789. The zero-order chi connectivity index (χ0) is 11.5. The maximum atomic E-state index is 6.07. The summed E-state index contributed by atoms with van der Waals surface area (Å²) in [5.41, 5.74) is 8.10. The Morgan fingerprint density at radius 2 is 2.31 bits per heavy atom. The van der Waals surface area contributed by atoms with Gasteiger partial charge in [-0.3, -0.25) is 0 Å². The zero-order valence-electron chi connectivity index (χ0n) is 10.1. The summed E-state index contributed by atoms with van der Waals surface area (Å²) >= 11 is 0. The number of methoxy groups -OCH3 is 1. The Morgan fingerprint density at radius 1 is 1.50 bits per heavy atom. The molecule has 1 saturated heterocycles. The number of hydrogen-bond acceptors (Lipinski definition) is 3. The third-order valence-corrected chi connectivity index (χ3v) is 3.37. The molecule has 0 amide bonds. The first-order chi connectivity index (χ1) is 7.70. The molecule has 3 nitrogen and oxygen atoms in total. The number of hydrogen-bond donors (Lipinski definition) is 1. The van der Waals surface area contributed by atoms with Gasteiger partial charge in [-0.1, -0.05) is 12.1 Å². The number of ether oxygens (including phenoxy) is 1. The first kappa shape index (κ1) is 11.3. The first-order valence-corrected chi connectivity index (χ1v) is 5.80. The third kappa shape index (κ3) is 2.30. The van der Waals surface area contributed by atoms with Gasteiger partial charge in [0.25, 0.3) is 0 Å². The highest BCUT2D eigenvalue weighted by molar-refractivity contribution is 5.58. The molecule has 1 atom stereocenters. The van der Waals surface area contributed by atoms with E-state index in [0.717, 1.165) is 23.8 Å². The molecule has 0 spiro atoms. The number of para-hydroxylation sites is 1. The summed E-state index contributed by atoms with van der Waals surface area (Å²) in [5.74, 6) is 1.53. The van der Waals surface area contributed by atoms with Crippen molar-refractivity contribution in [1.82, 2.24) is 4.90 Å². The lowest BCUT2D eigenvalue weighted by molar-refractivity contribution is 0.394. The average molecular weight is 220 g/mol. The molecular weight excluding hydrogens is 200 g/mol. The lowest BCUT2D eigenvalue weighted by atomic mass is 9.97. The topological polar surface area (TPSA) is 38.5 Å². The Kier molecular flexibility index (Phi) is 3.34. The van der Waals surface area contributed by atoms with Crippen molar-refractivity contribution >= 4 is 5.69 Å². The van der Waals surface area contributed by atoms with E-state index in [2.05, 4.69) is 18.0 Å². The van der Waals surface area contributed by atoms with Crippen LogP contribution in [0.3, 0.4) is 0 Å². The maximum Gasteiger partial charge on any atom is 0.142 e. The van der Waals surface area contributed by atoms with Gasteiger partial charge < -0.3 is 15.4 Å². The molecule has 1 unspecified atom stereocenters. The summed E-state index contributed by atoms with van der Waals surface area (Å²) < 4.78 is 5.24. The van der Waals surface area contributed by atoms with Crippen molar-refractivity contribution in [2.24, 2.45) is 5.92 Å². The molecule has 16 heavy (non-hydrogen) atoms. The van der Waals surface area contributed by atoms with Crippen molar-refractivity contribution in [3.63, 3.8) is 0 Å². The largest absolute Gasteiger partial charge is 0.495 e. The molecule has 2 rings (SSSR count). The van der Waals surface area contributed by atoms with Gasteiger partial charge in [0.05, 0.1) is 12.8 Å². The Bertz CT molecular complexity index is 365. The van der Waals surface area contributed by atoms with E-state index in [-0.39, 0.29) is 0 Å². The number of likely N-dealkylation sites (tertiary alicyclic amines) is 1. The molecule has 1 aromatic carbocycles. The van der Waals surface area contributed by atoms with Gasteiger partial charge in [0.15, 0.2) is 0 Å². The lowest BCUT2D eigenvalue weighted by Gasteiger charge is -2.14. The Labute approximate surface area is 97.2 Å². The number of benzene rings is 1. The van der Waals surface area contributed by atoms with Crippen LogP contribution in [0.1, 0.15) is 12.0 Å². The predicted molar refractivity (Wildman–Crippen MR) is 66.7 cm³/mol. The Hall–Kier alpha value is -1.22. The molecule has 1 aliphatic rings. The summed E-state index contributed by atoms with van der Waals surface area (Å²) in [7, 11) is 3.84. The van der Waals surface area contributed by atoms with Gasteiger partial charge in [0.1, 0.15) is 5.75 Å². The van der Waals surface area contributed by atoms with Crippen molar-refractivity contribution in [2.75, 3.05) is 33.0 Å². The van der Waals surface area contributed by atoms with Crippen molar-refractivity contribution in [2.45, 2.75) is 12.8 Å². The van der Waals surface area contributed by atoms with Gasteiger partial charge in [-0.15, -0.1) is 0 Å². The van der Waals surface area contributed by atoms with E-state index >= 15 is 0 Å². The predicted octanol–water partition coefficient (Wildman–Crippen LogP) is 1.77. The maximum absolute atomic E-state index is 6.07. The molecule has 1 fully saturated rings. The first-order valence-electron chi connectivity index (χ1n) is 5.80. The molecule has 0 aliphatic carbocycles. The average Bonchev–Trinajstić information content (AvgIpc) is 2.67. The van der Waals surface area contributed by atoms with Crippen molar-refractivity contribution < 1.29 is 4.74 Å². The SMILES string of the molecule is COc1cccc(CC2CCN(C)C2)c1N. The monoisotopic (exact) mass is 220 g/mol. The van der Waals surface area contributed by atoms with Crippen LogP contribution in [0.15, 0.2) is 18.2 Å². The standard InChI is InChI=1S/C13H20N2O/c1-15-7-6-10(9-15)8-11-4-3-5-12(16-2)13(11)14/h3-5,10H,6-9,14H2,1-2H3. The molecule has 0 bridgehead atoms. The second-order valence-corrected chi connectivity index (χ2v) is 4.65. The molecule has 1 heterocycles. The van der Waals surface area contributed by atoms with Crippen molar-refractivity contribution in [1.29, 1.82) is 0 Å². The van der Waals surface area contributed by atoms with Crippen LogP contribution < -0.4 is 10.5 Å². The molecule has 88 valence electrons. The van der Waals surface area contributed by atoms with Crippen LogP contribution >= 0.6 is 0 Å². The van der Waals surface area contributed by atoms with Crippen LogP contribution in [0.4, 0.5) is 5.69 Å². The van der Waals surface area contributed by atoms with E-state index in [4.69, 9.17) is 10.5 Å². The molecular formula is C13H20N2O. The molecule has 0 aromatic heterocycles. The van der Waals surface area contributed by atoms with Gasteiger partial charge in [0.2, 0.25) is 0 Å². The van der Waals surface area contributed by atoms with Crippen molar-refractivity contribution in [3.05, 3.63) is 23.8 Å². The van der Waals surface area contributed by atoms with Crippen LogP contribution in [0.2, 0.25) is 0 Å². The molecule has 0 saturated carbocycles. The highest BCUT2D eigenvalue weighted by Crippen LogP contribution is 2.28. The lowest BCUT2D eigenvalue weighted by Crippen LogP contribution is -2.15. The van der Waals surface area contributed by atoms with E-state index in [0.29, 0.717) is 0 Å². The fourth-order valence-corrected chi connectivity index (χ4v) is 2.45. The summed E-state index contributed by atoms with van der Waals surface area (Å²) in [5, 5.41) is 0. The number of rotatable bonds is 3. The number of nitrogen functional groups attached to an aromatic ring is 1. The van der Waals surface area contributed by atoms with Crippen LogP contribution in [-0.4, -0.2) is 32.1 Å². The minimum Gasteiger partial charge on any atom is -0.495 e. The molecule has 1 aliphatic heterocycles. The summed E-state index contributed by atoms with van der Waals surface area (Å²) in [6.45, 7) is 2.38. The minimum atomic E-state index is 0.736. The van der Waals surface area contributed by atoms with Gasteiger partial charge >= 0.3 is 0 Å². The fourth-order valence-electron chi connectivity index (χ4n) is 2.45. The van der Waals surface area contributed by atoms with Gasteiger partial charge in [-0.05, 0) is 44.0 Å². The summed E-state index contributed by atoms with van der Waals surface area (Å²) in [4.78, 5) is 2.38. The van der Waals surface area contributed by atoms with Gasteiger partial charge in [0, 0.05) is 6.54 Å². The van der Waals surface area contributed by atoms with E-state index in [1.807, 2.05) is 12.1 Å². The van der Waals surface area contributed by atoms with E-state index < -0.39 is 0 Å². The van der Waals surface area contributed by atoms with Crippen LogP contribution in [0.25, 0.3) is 0 Å². The highest BCUT2D eigenvalue weighted by Gasteiger charge is 2.20. The Balaban J connectivity index is 2.09. The van der Waals surface area contributed by atoms with Gasteiger partial charge in [-0.25, -0.2) is 0 Å². The van der Waals surface area contributed by atoms with E-state index in [1.165, 1.54) is 25.1 Å². The summed E-state index contributed by atoms with van der Waals surface area (Å²) in [6, 6.07) is 6.04.